The van der Waals surface area contributed by atoms with Gasteiger partial charge in [0.25, 0.3) is 0 Å². The molecular formula is C15H23O4Y-. The van der Waals surface area contributed by atoms with Gasteiger partial charge in [0.1, 0.15) is 0 Å². The molecule has 111 valence electrons. The summed E-state index contributed by atoms with van der Waals surface area (Å²) in [6.45, 7) is 8.45. The molecule has 0 aromatic carbocycles. The Labute approximate surface area is 146 Å². The van der Waals surface area contributed by atoms with E-state index in [1.165, 1.54) is 12.8 Å². The first kappa shape index (κ1) is 15.8. The second-order valence-electron chi connectivity index (χ2n) is 7.04. The van der Waals surface area contributed by atoms with Gasteiger partial charge in [-0.1, -0.05) is 20.3 Å². The van der Waals surface area contributed by atoms with Crippen molar-refractivity contribution >= 4 is 0 Å². The summed E-state index contributed by atoms with van der Waals surface area (Å²) < 4.78 is 12.0. The molecule has 1 spiro atoms. The third-order valence-corrected chi connectivity index (χ3v) is 5.83. The van der Waals surface area contributed by atoms with E-state index in [1.54, 1.807) is 0 Å². The van der Waals surface area contributed by atoms with Gasteiger partial charge < -0.3 is 9.47 Å². The number of hydrogen-bond donors (Lipinski definition) is 0. The van der Waals surface area contributed by atoms with Crippen LogP contribution in [0.5, 0.6) is 0 Å². The van der Waals surface area contributed by atoms with Gasteiger partial charge in [0.2, 0.25) is 5.79 Å². The molecule has 1 radical (unpaired) electrons. The zero-order chi connectivity index (χ0) is 13.3. The van der Waals surface area contributed by atoms with Gasteiger partial charge in [-0.2, -0.15) is 0 Å². The summed E-state index contributed by atoms with van der Waals surface area (Å²) in [6.07, 6.45) is 4.11. The predicted molar refractivity (Wildman–Crippen MR) is 67.3 cm³/mol. The molecule has 7 atom stereocenters. The maximum atomic E-state index is 6.12. The van der Waals surface area contributed by atoms with Crippen molar-refractivity contribution in [1.82, 2.24) is 0 Å². The number of hydrogen-bond acceptors (Lipinski definition) is 4. The molecule has 0 aromatic heterocycles. The van der Waals surface area contributed by atoms with Crippen LogP contribution in [0.15, 0.2) is 0 Å². The number of rotatable bonds is 0. The number of ether oxygens (including phenoxy) is 2. The fourth-order valence-electron chi connectivity index (χ4n) is 4.73. The summed E-state index contributed by atoms with van der Waals surface area (Å²) >= 11 is 0. The molecule has 0 aromatic rings. The van der Waals surface area contributed by atoms with Gasteiger partial charge in [0.05, 0.1) is 0 Å². The first-order valence-electron chi connectivity index (χ1n) is 7.59. The van der Waals surface area contributed by atoms with Crippen LogP contribution >= 0.6 is 0 Å². The first-order valence-corrected chi connectivity index (χ1v) is 7.59. The van der Waals surface area contributed by atoms with E-state index in [0.717, 1.165) is 12.8 Å². The summed E-state index contributed by atoms with van der Waals surface area (Å²) in [7, 11) is 0. The van der Waals surface area contributed by atoms with Crippen LogP contribution in [0.1, 0.15) is 46.5 Å². The van der Waals surface area contributed by atoms with Crippen LogP contribution in [0.3, 0.4) is 0 Å². The molecule has 4 heterocycles. The minimum atomic E-state index is -0.647. The zero-order valence-corrected chi connectivity index (χ0v) is 15.3. The summed E-state index contributed by atoms with van der Waals surface area (Å²) in [5.41, 5.74) is -0.401. The van der Waals surface area contributed by atoms with Crippen molar-refractivity contribution in [2.75, 3.05) is 0 Å². The molecule has 1 aliphatic carbocycles. The molecule has 0 amide bonds. The van der Waals surface area contributed by atoms with Gasteiger partial charge in [-0.3, -0.25) is 0 Å². The molecule has 20 heavy (non-hydrogen) atoms. The van der Waals surface area contributed by atoms with Crippen molar-refractivity contribution in [3.8, 4) is 0 Å². The molecular weight excluding hydrogens is 333 g/mol. The maximum absolute atomic E-state index is 6.12. The van der Waals surface area contributed by atoms with Gasteiger partial charge in [0.15, 0.2) is 11.9 Å². The van der Waals surface area contributed by atoms with Gasteiger partial charge in [-0.25, -0.2) is 16.4 Å². The van der Waals surface area contributed by atoms with Crippen LogP contribution in [-0.2, 0) is 52.0 Å². The Kier molecular flexibility index (Phi) is 4.15. The number of fused-ring (bicyclic) bond motifs is 2. The van der Waals surface area contributed by atoms with Crippen molar-refractivity contribution in [2.24, 2.45) is 23.7 Å². The predicted octanol–water partition coefficient (Wildman–Crippen LogP) is 3.03. The van der Waals surface area contributed by atoms with Gasteiger partial charge in [0, 0.05) is 39.1 Å². The first-order chi connectivity index (χ1) is 9.05. The van der Waals surface area contributed by atoms with E-state index in [2.05, 4.69) is 13.8 Å². The van der Waals surface area contributed by atoms with Crippen LogP contribution in [0.2, 0.25) is 0 Å². The van der Waals surface area contributed by atoms with Gasteiger partial charge in [-0.05, 0) is 37.5 Å². The van der Waals surface area contributed by atoms with Gasteiger partial charge in [-0.15, -0.1) is 5.92 Å². The standard InChI is InChI=1S/C15H23O4.Y/c1-9-4-5-11-10(2)8-16-13-15(11)12(9)6-7-14(3,17-13)18-19-15;/h8-13H,4-7H2,1-3H3;/q-1;/t9?,10-,11?,12?,13?,14?,15-;/m0./s1. The molecule has 5 aliphatic rings. The van der Waals surface area contributed by atoms with Crippen LogP contribution in [0.4, 0.5) is 0 Å². The van der Waals surface area contributed by atoms with E-state index in [-0.39, 0.29) is 39.0 Å². The Morgan fingerprint density at radius 2 is 1.85 bits per heavy atom. The topological polar surface area (TPSA) is 36.9 Å². The fourth-order valence-corrected chi connectivity index (χ4v) is 4.73. The van der Waals surface area contributed by atoms with E-state index >= 15 is 0 Å². The summed E-state index contributed by atoms with van der Waals surface area (Å²) in [5.74, 6) is 1.29. The average Bonchev–Trinajstić information content (AvgIpc) is 2.61. The molecule has 5 unspecified atom stereocenters. The maximum Gasteiger partial charge on any atom is 0.201 e. The molecule has 4 aliphatic heterocycles. The Balaban J connectivity index is 0.00000121. The molecule has 5 rings (SSSR count). The molecule has 4 saturated heterocycles. The van der Waals surface area contributed by atoms with Crippen molar-refractivity contribution < 1.29 is 52.0 Å². The molecule has 5 heteroatoms. The Morgan fingerprint density at radius 3 is 2.65 bits per heavy atom. The van der Waals surface area contributed by atoms with E-state index in [4.69, 9.17) is 19.2 Å². The van der Waals surface area contributed by atoms with Crippen LogP contribution in [-0.4, -0.2) is 17.7 Å². The summed E-state index contributed by atoms with van der Waals surface area (Å²) in [4.78, 5) is 11.7. The SMILES string of the molecule is CC1CCC2[C@@H](C)[CH-]OC3OC4(C)CCC1[C@]32OO4.[Y]. The monoisotopic (exact) mass is 356 g/mol. The fraction of sp³-hybridized carbons (Fsp3) is 0.933. The quantitative estimate of drug-likeness (QED) is 0.494. The minimum Gasteiger partial charge on any atom is -0.527 e. The second kappa shape index (κ2) is 5.24. The van der Waals surface area contributed by atoms with Crippen LogP contribution in [0.25, 0.3) is 0 Å². The average molecular weight is 356 g/mol. The zero-order valence-electron chi connectivity index (χ0n) is 12.5. The summed E-state index contributed by atoms with van der Waals surface area (Å²) in [5, 5.41) is 0. The van der Waals surface area contributed by atoms with Crippen molar-refractivity contribution in [3.63, 3.8) is 0 Å². The minimum absolute atomic E-state index is 0. The molecule has 0 N–H and O–H groups in total. The molecule has 4 nitrogen and oxygen atoms in total. The second-order valence-corrected chi connectivity index (χ2v) is 7.04. The van der Waals surface area contributed by atoms with Gasteiger partial charge >= 0.3 is 0 Å². The largest absolute Gasteiger partial charge is 0.527 e. The third kappa shape index (κ3) is 2.02. The Hall–Kier alpha value is 0.944. The van der Waals surface area contributed by atoms with E-state index < -0.39 is 11.4 Å². The molecule has 2 bridgehead atoms. The summed E-state index contributed by atoms with van der Waals surface area (Å²) in [6, 6.07) is 0. The van der Waals surface area contributed by atoms with E-state index in [0.29, 0.717) is 23.7 Å². The van der Waals surface area contributed by atoms with Crippen molar-refractivity contribution in [1.29, 1.82) is 0 Å². The van der Waals surface area contributed by atoms with E-state index in [1.807, 2.05) is 13.5 Å². The normalized spacial score (nSPS) is 57.5. The van der Waals surface area contributed by atoms with Crippen LogP contribution < -0.4 is 0 Å². The Morgan fingerprint density at radius 1 is 1.05 bits per heavy atom. The van der Waals surface area contributed by atoms with Crippen LogP contribution in [0, 0.1) is 30.3 Å². The molecule has 5 fully saturated rings. The van der Waals surface area contributed by atoms with Crippen molar-refractivity contribution in [2.45, 2.75) is 64.1 Å². The third-order valence-electron chi connectivity index (χ3n) is 5.83. The van der Waals surface area contributed by atoms with E-state index in [9.17, 15) is 0 Å². The van der Waals surface area contributed by atoms with Crippen molar-refractivity contribution in [3.05, 3.63) is 6.61 Å². The molecule has 1 saturated carbocycles. The Bertz CT molecular complexity index is 392. The smallest absolute Gasteiger partial charge is 0.201 e.